The summed E-state index contributed by atoms with van der Waals surface area (Å²) in [4.78, 5) is 0. The molecule has 1 heterocycles. The molecule has 0 radical (unpaired) electrons. The van der Waals surface area contributed by atoms with Crippen molar-refractivity contribution in [2.45, 2.75) is 33.4 Å². The van der Waals surface area contributed by atoms with E-state index in [1.807, 2.05) is 6.20 Å². The first kappa shape index (κ1) is 14.3. The summed E-state index contributed by atoms with van der Waals surface area (Å²) >= 11 is 3.45. The third kappa shape index (κ3) is 3.91. The lowest BCUT2D eigenvalue weighted by molar-refractivity contribution is 0.651. The van der Waals surface area contributed by atoms with E-state index in [9.17, 15) is 0 Å². The van der Waals surface area contributed by atoms with Crippen LogP contribution < -0.4 is 5.32 Å². The quantitative estimate of drug-likeness (QED) is 0.825. The van der Waals surface area contributed by atoms with Gasteiger partial charge >= 0.3 is 0 Å². The summed E-state index contributed by atoms with van der Waals surface area (Å²) in [6.07, 6.45) is 3.13. The van der Waals surface area contributed by atoms with Crippen LogP contribution in [0.25, 0.3) is 0 Å². The van der Waals surface area contributed by atoms with Gasteiger partial charge in [0, 0.05) is 22.3 Å². The molecule has 2 rings (SSSR count). The van der Waals surface area contributed by atoms with Gasteiger partial charge in [0.05, 0.1) is 12.7 Å². The number of nitrogens with zero attached hydrogens (tertiary/aromatic N) is 2. The van der Waals surface area contributed by atoms with Crippen molar-refractivity contribution in [2.24, 2.45) is 0 Å². The van der Waals surface area contributed by atoms with Crippen molar-refractivity contribution in [3.63, 3.8) is 0 Å². The van der Waals surface area contributed by atoms with Crippen molar-refractivity contribution < 1.29 is 0 Å². The molecule has 0 aliphatic heterocycles. The number of rotatable bonds is 6. The van der Waals surface area contributed by atoms with Crippen LogP contribution >= 0.6 is 15.9 Å². The Morgan fingerprint density at radius 2 is 2.00 bits per heavy atom. The molecule has 0 saturated carbocycles. The van der Waals surface area contributed by atoms with Crippen LogP contribution in [0.5, 0.6) is 0 Å². The Balaban J connectivity index is 2.03. The minimum atomic E-state index is 0.826. The molecule has 2 aromatic rings. The van der Waals surface area contributed by atoms with Gasteiger partial charge in [0.2, 0.25) is 0 Å². The zero-order chi connectivity index (χ0) is 13.7. The minimum Gasteiger partial charge on any atom is -0.313 e. The molecule has 4 heteroatoms. The monoisotopic (exact) mass is 321 g/mol. The number of benzene rings is 1. The van der Waals surface area contributed by atoms with Crippen LogP contribution in [0.3, 0.4) is 0 Å². The Kier molecular flexibility index (Phi) is 5.16. The maximum absolute atomic E-state index is 4.48. The number of nitrogens with one attached hydrogen (secondary N) is 1. The van der Waals surface area contributed by atoms with Crippen molar-refractivity contribution in [2.75, 3.05) is 6.54 Å². The summed E-state index contributed by atoms with van der Waals surface area (Å²) in [5.41, 5.74) is 3.79. The van der Waals surface area contributed by atoms with Crippen LogP contribution in [0.15, 0.2) is 34.9 Å². The standard InChI is InChI=1S/C15H20BrN3/c1-3-8-17-9-14-10-18-19(12(14)2)11-13-4-6-15(16)7-5-13/h4-7,10,17H,3,8-9,11H2,1-2H3. The summed E-state index contributed by atoms with van der Waals surface area (Å²) in [5, 5.41) is 7.89. The Labute approximate surface area is 123 Å². The zero-order valence-corrected chi connectivity index (χ0v) is 13.1. The second kappa shape index (κ2) is 6.87. The smallest absolute Gasteiger partial charge is 0.0662 e. The van der Waals surface area contributed by atoms with Crippen molar-refractivity contribution in [3.05, 3.63) is 51.8 Å². The fraction of sp³-hybridized carbons (Fsp3) is 0.400. The van der Waals surface area contributed by atoms with E-state index < -0.39 is 0 Å². The highest BCUT2D eigenvalue weighted by Gasteiger charge is 2.06. The second-order valence-corrected chi connectivity index (χ2v) is 5.63. The Morgan fingerprint density at radius 3 is 2.68 bits per heavy atom. The summed E-state index contributed by atoms with van der Waals surface area (Å²) in [5.74, 6) is 0. The lowest BCUT2D eigenvalue weighted by atomic mass is 10.2. The molecule has 0 aliphatic rings. The van der Waals surface area contributed by atoms with E-state index in [4.69, 9.17) is 0 Å². The topological polar surface area (TPSA) is 29.9 Å². The van der Waals surface area contributed by atoms with Crippen LogP contribution in [0.4, 0.5) is 0 Å². The number of aromatic nitrogens is 2. The summed E-state index contributed by atoms with van der Waals surface area (Å²) in [6.45, 7) is 7.09. The van der Waals surface area contributed by atoms with E-state index in [0.29, 0.717) is 0 Å². The Bertz CT molecular complexity index is 517. The van der Waals surface area contributed by atoms with Gasteiger partial charge in [-0.1, -0.05) is 35.0 Å². The van der Waals surface area contributed by atoms with Gasteiger partial charge in [-0.3, -0.25) is 4.68 Å². The van der Waals surface area contributed by atoms with E-state index in [1.165, 1.54) is 16.8 Å². The Hall–Kier alpha value is -1.13. The number of hydrogen-bond acceptors (Lipinski definition) is 2. The first-order chi connectivity index (χ1) is 9.20. The van der Waals surface area contributed by atoms with Crippen LogP contribution in [-0.2, 0) is 13.1 Å². The first-order valence-corrected chi connectivity index (χ1v) is 7.46. The highest BCUT2D eigenvalue weighted by Crippen LogP contribution is 2.13. The summed E-state index contributed by atoms with van der Waals surface area (Å²) in [7, 11) is 0. The average Bonchev–Trinajstić information content (AvgIpc) is 2.75. The van der Waals surface area contributed by atoms with Crippen molar-refractivity contribution in [1.29, 1.82) is 0 Å². The third-order valence-corrected chi connectivity index (χ3v) is 3.72. The molecular weight excluding hydrogens is 302 g/mol. The van der Waals surface area contributed by atoms with Crippen molar-refractivity contribution in [1.82, 2.24) is 15.1 Å². The molecule has 0 saturated heterocycles. The molecule has 0 fully saturated rings. The zero-order valence-electron chi connectivity index (χ0n) is 11.5. The molecule has 0 aliphatic carbocycles. The Morgan fingerprint density at radius 1 is 1.26 bits per heavy atom. The van der Waals surface area contributed by atoms with E-state index in [2.05, 4.69) is 69.1 Å². The molecule has 1 N–H and O–H groups in total. The van der Waals surface area contributed by atoms with E-state index in [-0.39, 0.29) is 0 Å². The first-order valence-electron chi connectivity index (χ1n) is 6.67. The third-order valence-electron chi connectivity index (χ3n) is 3.19. The maximum atomic E-state index is 4.48. The lowest BCUT2D eigenvalue weighted by Crippen LogP contribution is -2.14. The fourth-order valence-electron chi connectivity index (χ4n) is 1.98. The fourth-order valence-corrected chi connectivity index (χ4v) is 2.25. The largest absolute Gasteiger partial charge is 0.313 e. The van der Waals surface area contributed by atoms with Crippen LogP contribution in [0, 0.1) is 6.92 Å². The molecule has 0 atom stereocenters. The molecule has 102 valence electrons. The lowest BCUT2D eigenvalue weighted by Gasteiger charge is -2.06. The van der Waals surface area contributed by atoms with Gasteiger partial charge in [-0.15, -0.1) is 0 Å². The summed E-state index contributed by atoms with van der Waals surface area (Å²) < 4.78 is 3.17. The minimum absolute atomic E-state index is 0.826. The highest BCUT2D eigenvalue weighted by molar-refractivity contribution is 9.10. The molecule has 3 nitrogen and oxygen atoms in total. The molecule has 0 bridgehead atoms. The van der Waals surface area contributed by atoms with Gasteiger partial charge in [0.25, 0.3) is 0 Å². The van der Waals surface area contributed by atoms with Gasteiger partial charge in [0.1, 0.15) is 0 Å². The van der Waals surface area contributed by atoms with Gasteiger partial charge < -0.3 is 5.32 Å². The van der Waals surface area contributed by atoms with Crippen molar-refractivity contribution >= 4 is 15.9 Å². The molecule has 0 unspecified atom stereocenters. The molecular formula is C15H20BrN3. The highest BCUT2D eigenvalue weighted by atomic mass is 79.9. The second-order valence-electron chi connectivity index (χ2n) is 4.72. The molecule has 19 heavy (non-hydrogen) atoms. The van der Waals surface area contributed by atoms with Gasteiger partial charge in [-0.25, -0.2) is 0 Å². The van der Waals surface area contributed by atoms with E-state index >= 15 is 0 Å². The van der Waals surface area contributed by atoms with Crippen LogP contribution in [0.1, 0.15) is 30.2 Å². The van der Waals surface area contributed by atoms with Crippen molar-refractivity contribution in [3.8, 4) is 0 Å². The predicted octanol–water partition coefficient (Wildman–Crippen LogP) is 3.50. The van der Waals surface area contributed by atoms with Gasteiger partial charge in [0.15, 0.2) is 0 Å². The SMILES string of the molecule is CCCNCc1cnn(Cc2ccc(Br)cc2)c1C. The van der Waals surface area contributed by atoms with Gasteiger partial charge in [-0.05, 0) is 37.6 Å². The predicted molar refractivity (Wildman–Crippen MR) is 82.2 cm³/mol. The normalized spacial score (nSPS) is 10.9. The average molecular weight is 322 g/mol. The molecule has 0 spiro atoms. The number of hydrogen-bond donors (Lipinski definition) is 1. The molecule has 1 aromatic carbocycles. The van der Waals surface area contributed by atoms with E-state index in [0.717, 1.165) is 30.5 Å². The maximum Gasteiger partial charge on any atom is 0.0662 e. The van der Waals surface area contributed by atoms with Crippen LogP contribution in [-0.4, -0.2) is 16.3 Å². The summed E-state index contributed by atoms with van der Waals surface area (Å²) in [6, 6.07) is 8.39. The molecule has 1 aromatic heterocycles. The van der Waals surface area contributed by atoms with E-state index in [1.54, 1.807) is 0 Å². The van der Waals surface area contributed by atoms with Gasteiger partial charge in [-0.2, -0.15) is 5.10 Å². The number of halogens is 1. The van der Waals surface area contributed by atoms with Crippen LogP contribution in [0.2, 0.25) is 0 Å². The molecule has 0 amide bonds.